The van der Waals surface area contributed by atoms with Gasteiger partial charge in [0.2, 0.25) is 0 Å². The molecule has 2 fully saturated rings. The van der Waals surface area contributed by atoms with Gasteiger partial charge in [-0.15, -0.1) is 0 Å². The van der Waals surface area contributed by atoms with E-state index in [1.54, 1.807) is 6.20 Å². The van der Waals surface area contributed by atoms with E-state index >= 15 is 0 Å². The number of carbonyl (C=O) groups excluding carboxylic acids is 1. The first-order valence-corrected chi connectivity index (χ1v) is 6.24. The summed E-state index contributed by atoms with van der Waals surface area (Å²) in [5.74, 6) is -0.0441. The van der Waals surface area contributed by atoms with Crippen LogP contribution < -0.4 is 0 Å². The fraction of sp³-hybridized carbons (Fsp3) is 0.667. The molecule has 0 radical (unpaired) electrons. The molecule has 92 valence electrons. The second kappa shape index (κ2) is 4.49. The number of ether oxygens (including phenoxy) is 1. The van der Waals surface area contributed by atoms with Gasteiger partial charge in [-0.05, 0) is 25.5 Å². The molecule has 3 heterocycles. The summed E-state index contributed by atoms with van der Waals surface area (Å²) < 4.78 is 7.01. The zero-order valence-corrected chi connectivity index (χ0v) is 9.79. The second-order valence-electron chi connectivity index (χ2n) is 4.73. The Bertz CT molecular complexity index is 390. The van der Waals surface area contributed by atoms with Gasteiger partial charge in [-0.3, -0.25) is 14.4 Å². The van der Waals surface area contributed by atoms with Crippen LogP contribution in [0.5, 0.6) is 0 Å². The molecule has 1 aromatic heterocycles. The Morgan fingerprint density at radius 1 is 1.47 bits per heavy atom. The molecule has 2 aliphatic rings. The van der Waals surface area contributed by atoms with E-state index in [0.717, 1.165) is 32.4 Å². The highest BCUT2D eigenvalue weighted by Gasteiger charge is 2.38. The summed E-state index contributed by atoms with van der Waals surface area (Å²) in [5, 5.41) is 4.23. The molecule has 0 amide bonds. The summed E-state index contributed by atoms with van der Waals surface area (Å²) in [4.78, 5) is 13.9. The first-order chi connectivity index (χ1) is 8.34. The van der Waals surface area contributed by atoms with Gasteiger partial charge in [0.15, 0.2) is 0 Å². The van der Waals surface area contributed by atoms with Gasteiger partial charge in [0.1, 0.15) is 6.04 Å². The first kappa shape index (κ1) is 10.8. The fourth-order valence-corrected chi connectivity index (χ4v) is 2.88. The lowest BCUT2D eigenvalue weighted by atomic mass is 10.1. The molecule has 1 aromatic rings. The van der Waals surface area contributed by atoms with E-state index in [9.17, 15) is 4.79 Å². The average molecular weight is 235 g/mol. The Kier molecular flexibility index (Phi) is 2.84. The van der Waals surface area contributed by atoms with Gasteiger partial charge in [-0.1, -0.05) is 0 Å². The molecule has 2 aliphatic heterocycles. The lowest BCUT2D eigenvalue weighted by molar-refractivity contribution is -0.142. The molecule has 17 heavy (non-hydrogen) atoms. The Balaban J connectivity index is 1.69. The smallest absolute Gasteiger partial charge is 0.323 e. The van der Waals surface area contributed by atoms with Crippen LogP contribution in [0.2, 0.25) is 0 Å². The van der Waals surface area contributed by atoms with Crippen LogP contribution in [0.15, 0.2) is 18.5 Å². The molecule has 0 saturated carbocycles. The molecule has 5 heteroatoms. The van der Waals surface area contributed by atoms with Crippen LogP contribution in [0, 0.1) is 0 Å². The summed E-state index contributed by atoms with van der Waals surface area (Å²) in [5.41, 5.74) is 0. The van der Waals surface area contributed by atoms with Crippen molar-refractivity contribution >= 4 is 5.97 Å². The summed E-state index contributed by atoms with van der Waals surface area (Å²) >= 11 is 0. The Hall–Kier alpha value is -1.36. The number of rotatable bonds is 3. The van der Waals surface area contributed by atoms with Crippen molar-refractivity contribution in [3.63, 3.8) is 0 Å². The van der Waals surface area contributed by atoms with Gasteiger partial charge < -0.3 is 4.74 Å². The lowest BCUT2D eigenvalue weighted by Crippen LogP contribution is -2.43. The molecule has 5 nitrogen and oxygen atoms in total. The Morgan fingerprint density at radius 2 is 2.41 bits per heavy atom. The maximum atomic E-state index is 11.6. The number of nitrogens with zero attached hydrogens (tertiary/aromatic N) is 3. The van der Waals surface area contributed by atoms with Crippen LogP contribution >= 0.6 is 0 Å². The van der Waals surface area contributed by atoms with E-state index in [2.05, 4.69) is 10.00 Å². The van der Waals surface area contributed by atoms with E-state index in [0.29, 0.717) is 12.6 Å². The first-order valence-electron chi connectivity index (χ1n) is 6.24. The van der Waals surface area contributed by atoms with Gasteiger partial charge in [-0.2, -0.15) is 5.10 Å². The highest BCUT2D eigenvalue weighted by atomic mass is 16.5. The maximum Gasteiger partial charge on any atom is 0.323 e. The van der Waals surface area contributed by atoms with Crippen LogP contribution in [0.1, 0.15) is 19.3 Å². The van der Waals surface area contributed by atoms with Crippen LogP contribution in [0.3, 0.4) is 0 Å². The van der Waals surface area contributed by atoms with Gasteiger partial charge in [-0.25, -0.2) is 0 Å². The number of hydrogen-bond donors (Lipinski definition) is 0. The highest BCUT2D eigenvalue weighted by Crippen LogP contribution is 2.25. The van der Waals surface area contributed by atoms with Crippen molar-refractivity contribution in [3.05, 3.63) is 18.5 Å². The standard InChI is InChI=1S/C12H17N3O2/c16-12-11(4-8-17-12)15-7-1-3-10(15)9-14-6-2-5-13-14/h2,5-6,10-11H,1,3-4,7-9H2/t10-,11-/m1/s1. The van der Waals surface area contributed by atoms with E-state index in [1.807, 2.05) is 16.9 Å². The summed E-state index contributed by atoms with van der Waals surface area (Å²) in [6.07, 6.45) is 6.92. The quantitative estimate of drug-likeness (QED) is 0.722. The number of cyclic esters (lactones) is 1. The van der Waals surface area contributed by atoms with Crippen LogP contribution in [0.4, 0.5) is 0 Å². The topological polar surface area (TPSA) is 47.4 Å². The van der Waals surface area contributed by atoms with Crippen molar-refractivity contribution in [1.29, 1.82) is 0 Å². The zero-order chi connectivity index (χ0) is 11.7. The minimum atomic E-state index is -0.0441. The van der Waals surface area contributed by atoms with Crippen LogP contribution in [0.25, 0.3) is 0 Å². The average Bonchev–Trinajstić information content (AvgIpc) is 3.00. The third-order valence-corrected chi connectivity index (χ3v) is 3.69. The molecule has 2 atom stereocenters. The van der Waals surface area contributed by atoms with Gasteiger partial charge in [0.25, 0.3) is 0 Å². The van der Waals surface area contributed by atoms with Crippen molar-refractivity contribution in [3.8, 4) is 0 Å². The van der Waals surface area contributed by atoms with Crippen molar-refractivity contribution in [2.75, 3.05) is 13.2 Å². The van der Waals surface area contributed by atoms with E-state index in [1.165, 1.54) is 0 Å². The minimum Gasteiger partial charge on any atom is -0.464 e. The monoisotopic (exact) mass is 235 g/mol. The molecule has 0 aliphatic carbocycles. The third kappa shape index (κ3) is 2.07. The Morgan fingerprint density at radius 3 is 3.12 bits per heavy atom. The normalized spacial score (nSPS) is 29.8. The number of hydrogen-bond acceptors (Lipinski definition) is 4. The van der Waals surface area contributed by atoms with Crippen molar-refractivity contribution in [2.45, 2.75) is 37.9 Å². The van der Waals surface area contributed by atoms with Gasteiger partial charge in [0.05, 0.1) is 13.2 Å². The van der Waals surface area contributed by atoms with E-state index < -0.39 is 0 Å². The lowest BCUT2D eigenvalue weighted by Gasteiger charge is -2.27. The van der Waals surface area contributed by atoms with Crippen molar-refractivity contribution < 1.29 is 9.53 Å². The highest BCUT2D eigenvalue weighted by molar-refractivity contribution is 5.77. The van der Waals surface area contributed by atoms with Gasteiger partial charge in [0, 0.05) is 24.9 Å². The fourth-order valence-electron chi connectivity index (χ4n) is 2.88. The van der Waals surface area contributed by atoms with E-state index in [-0.39, 0.29) is 12.0 Å². The molecule has 0 bridgehead atoms. The third-order valence-electron chi connectivity index (χ3n) is 3.69. The van der Waals surface area contributed by atoms with E-state index in [4.69, 9.17) is 4.74 Å². The summed E-state index contributed by atoms with van der Waals surface area (Å²) in [7, 11) is 0. The SMILES string of the molecule is O=C1OCC[C@H]1N1CCC[C@@H]1Cn1cccn1. The number of esters is 1. The number of aromatic nitrogens is 2. The molecular weight excluding hydrogens is 218 g/mol. The molecule has 0 aromatic carbocycles. The van der Waals surface area contributed by atoms with Crippen molar-refractivity contribution in [1.82, 2.24) is 14.7 Å². The number of carbonyl (C=O) groups is 1. The number of likely N-dealkylation sites (tertiary alicyclic amines) is 1. The van der Waals surface area contributed by atoms with Crippen molar-refractivity contribution in [2.24, 2.45) is 0 Å². The maximum absolute atomic E-state index is 11.6. The predicted octanol–water partition coefficient (Wildman–Crippen LogP) is 0.663. The van der Waals surface area contributed by atoms with Crippen LogP contribution in [-0.2, 0) is 16.1 Å². The second-order valence-corrected chi connectivity index (χ2v) is 4.73. The molecule has 2 saturated heterocycles. The largest absolute Gasteiger partial charge is 0.464 e. The van der Waals surface area contributed by atoms with Gasteiger partial charge >= 0.3 is 5.97 Å². The predicted molar refractivity (Wildman–Crippen MR) is 61.3 cm³/mol. The Labute approximate surface area is 100 Å². The molecule has 0 N–H and O–H groups in total. The van der Waals surface area contributed by atoms with Crippen LogP contribution in [-0.4, -0.2) is 45.9 Å². The molecule has 0 unspecified atom stereocenters. The molecule has 3 rings (SSSR count). The molecular formula is C12H17N3O2. The zero-order valence-electron chi connectivity index (χ0n) is 9.79. The summed E-state index contributed by atoms with van der Waals surface area (Å²) in [6.45, 7) is 2.46. The minimum absolute atomic E-state index is 0.0157. The molecule has 0 spiro atoms. The summed E-state index contributed by atoms with van der Waals surface area (Å²) in [6, 6.07) is 2.34.